The average Bonchev–Trinajstić information content (AvgIpc) is 2.34. The minimum Gasteiger partial charge on any atom is -0.454 e. The van der Waals surface area contributed by atoms with Crippen LogP contribution >= 0.6 is 11.6 Å². The Morgan fingerprint density at radius 1 is 1.29 bits per heavy atom. The van der Waals surface area contributed by atoms with Crippen LogP contribution in [0, 0.1) is 5.82 Å². The van der Waals surface area contributed by atoms with E-state index in [0.29, 0.717) is 18.0 Å². The molecule has 88 valence electrons. The van der Waals surface area contributed by atoms with Crippen LogP contribution in [0.3, 0.4) is 0 Å². The Morgan fingerprint density at radius 2 is 2.12 bits per heavy atom. The maximum absolute atomic E-state index is 12.8. The van der Waals surface area contributed by atoms with E-state index in [1.807, 2.05) is 0 Å². The lowest BCUT2D eigenvalue weighted by Crippen LogP contribution is -1.98. The molecule has 2 aromatic rings. The van der Waals surface area contributed by atoms with Crippen LogP contribution in [-0.4, -0.2) is 4.98 Å². The predicted molar refractivity (Wildman–Crippen MR) is 63.6 cm³/mol. The van der Waals surface area contributed by atoms with Gasteiger partial charge in [0, 0.05) is 6.54 Å². The zero-order chi connectivity index (χ0) is 12.3. The first-order chi connectivity index (χ1) is 8.19. The smallest absolute Gasteiger partial charge is 0.146 e. The Balaban J connectivity index is 2.19. The van der Waals surface area contributed by atoms with Crippen LogP contribution in [-0.2, 0) is 6.54 Å². The molecule has 5 heteroatoms. The van der Waals surface area contributed by atoms with Crippen molar-refractivity contribution in [1.82, 2.24) is 4.98 Å². The van der Waals surface area contributed by atoms with Gasteiger partial charge in [-0.1, -0.05) is 11.6 Å². The van der Waals surface area contributed by atoms with Gasteiger partial charge in [0.25, 0.3) is 0 Å². The van der Waals surface area contributed by atoms with E-state index < -0.39 is 5.82 Å². The first-order valence-electron chi connectivity index (χ1n) is 4.97. The fourth-order valence-corrected chi connectivity index (χ4v) is 1.48. The quantitative estimate of drug-likeness (QED) is 0.913. The molecule has 0 saturated carbocycles. The van der Waals surface area contributed by atoms with Gasteiger partial charge >= 0.3 is 0 Å². The van der Waals surface area contributed by atoms with Gasteiger partial charge in [-0.2, -0.15) is 0 Å². The molecule has 1 heterocycles. The third-order valence-electron chi connectivity index (χ3n) is 2.13. The number of benzene rings is 1. The zero-order valence-corrected chi connectivity index (χ0v) is 9.62. The van der Waals surface area contributed by atoms with Crippen molar-refractivity contribution in [1.29, 1.82) is 0 Å². The lowest BCUT2D eigenvalue weighted by atomic mass is 10.3. The van der Waals surface area contributed by atoms with E-state index in [0.717, 1.165) is 5.69 Å². The number of ether oxygens (including phenoxy) is 1. The summed E-state index contributed by atoms with van der Waals surface area (Å²) in [5.74, 6) is 0.505. The molecule has 2 rings (SSSR count). The summed E-state index contributed by atoms with van der Waals surface area (Å²) in [7, 11) is 0. The molecule has 0 saturated heterocycles. The van der Waals surface area contributed by atoms with Gasteiger partial charge in [-0.25, -0.2) is 4.39 Å². The molecule has 2 N–H and O–H groups in total. The van der Waals surface area contributed by atoms with Crippen molar-refractivity contribution in [3.05, 3.63) is 53.1 Å². The average molecular weight is 253 g/mol. The highest BCUT2D eigenvalue weighted by Crippen LogP contribution is 2.29. The molecule has 0 radical (unpaired) electrons. The van der Waals surface area contributed by atoms with E-state index in [2.05, 4.69) is 4.98 Å². The fraction of sp³-hybridized carbons (Fsp3) is 0.0833. The summed E-state index contributed by atoms with van der Waals surface area (Å²) in [4.78, 5) is 4.07. The van der Waals surface area contributed by atoms with Crippen molar-refractivity contribution in [2.75, 3.05) is 0 Å². The van der Waals surface area contributed by atoms with E-state index in [1.54, 1.807) is 18.3 Å². The number of nitrogens with zero attached hydrogens (tertiary/aromatic N) is 1. The van der Waals surface area contributed by atoms with Gasteiger partial charge in [0.05, 0.1) is 16.9 Å². The van der Waals surface area contributed by atoms with E-state index in [4.69, 9.17) is 22.1 Å². The van der Waals surface area contributed by atoms with Crippen LogP contribution in [0.25, 0.3) is 0 Å². The molecule has 0 aliphatic carbocycles. The second-order valence-electron chi connectivity index (χ2n) is 3.37. The lowest BCUT2D eigenvalue weighted by Gasteiger charge is -2.07. The molecule has 0 aliphatic rings. The normalized spacial score (nSPS) is 10.3. The van der Waals surface area contributed by atoms with Crippen molar-refractivity contribution >= 4 is 11.6 Å². The predicted octanol–water partition coefficient (Wildman–Crippen LogP) is 3.13. The van der Waals surface area contributed by atoms with Gasteiger partial charge in [-0.15, -0.1) is 0 Å². The molecule has 0 fully saturated rings. The Labute approximate surface area is 103 Å². The summed E-state index contributed by atoms with van der Waals surface area (Å²) in [5, 5.41) is 0.216. The number of hydrogen-bond donors (Lipinski definition) is 1. The summed E-state index contributed by atoms with van der Waals surface area (Å²) in [6.07, 6.45) is 1.54. The van der Waals surface area contributed by atoms with Crippen LogP contribution < -0.4 is 10.5 Å². The molecule has 0 unspecified atom stereocenters. The molecule has 3 nitrogen and oxygen atoms in total. The molecule has 1 aromatic heterocycles. The van der Waals surface area contributed by atoms with E-state index in [9.17, 15) is 4.39 Å². The van der Waals surface area contributed by atoms with Gasteiger partial charge in [0.2, 0.25) is 0 Å². The summed E-state index contributed by atoms with van der Waals surface area (Å²) >= 11 is 5.83. The van der Waals surface area contributed by atoms with Crippen molar-refractivity contribution in [2.45, 2.75) is 6.54 Å². The molecule has 0 bridgehead atoms. The number of nitrogens with two attached hydrogens (primary N) is 1. The van der Waals surface area contributed by atoms with Crippen LogP contribution in [0.1, 0.15) is 5.69 Å². The van der Waals surface area contributed by atoms with Gasteiger partial charge in [-0.05, 0) is 30.3 Å². The Morgan fingerprint density at radius 3 is 2.71 bits per heavy atom. The lowest BCUT2D eigenvalue weighted by molar-refractivity contribution is 0.478. The molecular weight excluding hydrogens is 243 g/mol. The van der Waals surface area contributed by atoms with Gasteiger partial charge in [0.1, 0.15) is 17.3 Å². The second kappa shape index (κ2) is 5.12. The Kier molecular flexibility index (Phi) is 3.56. The highest BCUT2D eigenvalue weighted by atomic mass is 35.5. The molecular formula is C12H10ClFN2O. The zero-order valence-electron chi connectivity index (χ0n) is 8.86. The van der Waals surface area contributed by atoms with Gasteiger partial charge in [-0.3, -0.25) is 4.98 Å². The first-order valence-corrected chi connectivity index (χ1v) is 5.35. The molecule has 0 amide bonds. The van der Waals surface area contributed by atoms with Crippen LogP contribution in [0.4, 0.5) is 4.39 Å². The topological polar surface area (TPSA) is 48.1 Å². The monoisotopic (exact) mass is 252 g/mol. The summed E-state index contributed by atoms with van der Waals surface area (Å²) in [6.45, 7) is 0.373. The van der Waals surface area contributed by atoms with Crippen molar-refractivity contribution in [3.63, 3.8) is 0 Å². The maximum atomic E-state index is 12.8. The van der Waals surface area contributed by atoms with E-state index in [-0.39, 0.29) is 5.02 Å². The third-order valence-corrected chi connectivity index (χ3v) is 2.42. The number of pyridine rings is 1. The molecule has 0 atom stereocenters. The van der Waals surface area contributed by atoms with Crippen molar-refractivity contribution in [3.8, 4) is 11.5 Å². The molecule has 0 spiro atoms. The highest BCUT2D eigenvalue weighted by molar-refractivity contribution is 6.32. The maximum Gasteiger partial charge on any atom is 0.146 e. The number of aromatic nitrogens is 1. The standard InChI is InChI=1S/C12H10ClFN2O/c13-11-5-8(14)1-4-12(11)17-10-3-2-9(6-15)16-7-10/h1-5,7H,6,15H2. The number of halogens is 2. The second-order valence-corrected chi connectivity index (χ2v) is 3.77. The number of hydrogen-bond acceptors (Lipinski definition) is 3. The Hall–Kier alpha value is -1.65. The summed E-state index contributed by atoms with van der Waals surface area (Å²) in [5.41, 5.74) is 6.19. The van der Waals surface area contributed by atoms with Crippen molar-refractivity contribution in [2.24, 2.45) is 5.73 Å². The van der Waals surface area contributed by atoms with Crippen molar-refractivity contribution < 1.29 is 9.13 Å². The molecule has 1 aromatic carbocycles. The van der Waals surface area contributed by atoms with E-state index >= 15 is 0 Å². The first kappa shape index (κ1) is 11.8. The van der Waals surface area contributed by atoms with Crippen LogP contribution in [0.15, 0.2) is 36.5 Å². The van der Waals surface area contributed by atoms with Gasteiger partial charge in [0.15, 0.2) is 0 Å². The summed E-state index contributed by atoms with van der Waals surface area (Å²) in [6, 6.07) is 7.43. The largest absolute Gasteiger partial charge is 0.454 e. The minimum absolute atomic E-state index is 0.216. The van der Waals surface area contributed by atoms with Crippen LogP contribution in [0.2, 0.25) is 5.02 Å². The fourth-order valence-electron chi connectivity index (χ4n) is 1.28. The Bertz CT molecular complexity index is 516. The van der Waals surface area contributed by atoms with E-state index in [1.165, 1.54) is 18.2 Å². The summed E-state index contributed by atoms with van der Waals surface area (Å²) < 4.78 is 18.3. The SMILES string of the molecule is NCc1ccc(Oc2ccc(F)cc2Cl)cn1. The number of rotatable bonds is 3. The van der Waals surface area contributed by atoms with Crippen LogP contribution in [0.5, 0.6) is 11.5 Å². The molecule has 0 aliphatic heterocycles. The highest BCUT2D eigenvalue weighted by Gasteiger charge is 2.04. The minimum atomic E-state index is -0.404. The third kappa shape index (κ3) is 2.93. The molecule has 17 heavy (non-hydrogen) atoms. The van der Waals surface area contributed by atoms with Gasteiger partial charge < -0.3 is 10.5 Å².